The SMILES string of the molecule is CCOc1ccc(-c2ccc(/C=C(/C#N)C(=O)Nc3nc(SCC(C)C)ns3)o2)c([N+](=O)[O-])c1. The number of nitro groups is 1. The lowest BCUT2D eigenvalue weighted by molar-refractivity contribution is -0.384. The monoisotopic (exact) mass is 499 g/mol. The summed E-state index contributed by atoms with van der Waals surface area (Å²) in [5, 5.41) is 24.4. The molecule has 0 bridgehead atoms. The third-order valence-corrected chi connectivity index (χ3v) is 6.21. The Hall–Kier alpha value is -3.69. The van der Waals surface area contributed by atoms with Crippen molar-refractivity contribution in [2.24, 2.45) is 5.92 Å². The van der Waals surface area contributed by atoms with E-state index in [0.717, 1.165) is 17.3 Å². The Morgan fingerprint density at radius 1 is 1.41 bits per heavy atom. The first-order valence-electron chi connectivity index (χ1n) is 10.2. The minimum Gasteiger partial charge on any atom is -0.494 e. The van der Waals surface area contributed by atoms with Gasteiger partial charge in [0, 0.05) is 23.4 Å². The van der Waals surface area contributed by atoms with Crippen molar-refractivity contribution >= 4 is 46.1 Å². The van der Waals surface area contributed by atoms with Crippen molar-refractivity contribution < 1.29 is 18.9 Å². The summed E-state index contributed by atoms with van der Waals surface area (Å²) in [6, 6.07) is 9.34. The highest BCUT2D eigenvalue weighted by molar-refractivity contribution is 7.99. The average molecular weight is 500 g/mol. The van der Waals surface area contributed by atoms with Crippen molar-refractivity contribution in [3.63, 3.8) is 0 Å². The van der Waals surface area contributed by atoms with Crippen molar-refractivity contribution in [1.29, 1.82) is 5.26 Å². The number of ether oxygens (including phenoxy) is 1. The molecule has 0 fully saturated rings. The molecule has 3 rings (SSSR count). The molecule has 1 N–H and O–H groups in total. The first-order chi connectivity index (χ1) is 16.3. The lowest BCUT2D eigenvalue weighted by atomic mass is 10.1. The number of amides is 1. The number of nitro benzene ring substituents is 1. The summed E-state index contributed by atoms with van der Waals surface area (Å²) in [5.41, 5.74) is -0.151. The van der Waals surface area contributed by atoms with E-state index in [1.165, 1.54) is 42.1 Å². The van der Waals surface area contributed by atoms with Gasteiger partial charge in [-0.3, -0.25) is 20.2 Å². The second kappa shape index (κ2) is 11.4. The van der Waals surface area contributed by atoms with Crippen molar-refractivity contribution in [3.8, 4) is 23.1 Å². The molecular weight excluding hydrogens is 478 g/mol. The predicted molar refractivity (Wildman–Crippen MR) is 130 cm³/mol. The van der Waals surface area contributed by atoms with Crippen LogP contribution in [0.4, 0.5) is 10.8 Å². The van der Waals surface area contributed by atoms with E-state index in [-0.39, 0.29) is 33.5 Å². The molecule has 10 nitrogen and oxygen atoms in total. The molecule has 0 radical (unpaired) electrons. The highest BCUT2D eigenvalue weighted by Gasteiger charge is 2.20. The maximum atomic E-state index is 12.5. The number of carbonyl (C=O) groups excluding carboxylic acids is 1. The van der Waals surface area contributed by atoms with Crippen molar-refractivity contribution in [2.45, 2.75) is 25.9 Å². The number of carbonyl (C=O) groups is 1. The zero-order valence-electron chi connectivity index (χ0n) is 18.6. The summed E-state index contributed by atoms with van der Waals surface area (Å²) in [5.74, 6) is 1.44. The molecule has 2 heterocycles. The average Bonchev–Trinajstić information content (AvgIpc) is 3.45. The Bertz CT molecular complexity index is 1260. The van der Waals surface area contributed by atoms with Gasteiger partial charge in [-0.25, -0.2) is 0 Å². The Balaban J connectivity index is 1.77. The molecule has 0 aliphatic rings. The van der Waals surface area contributed by atoms with Gasteiger partial charge in [0.1, 0.15) is 28.9 Å². The summed E-state index contributed by atoms with van der Waals surface area (Å²) >= 11 is 2.51. The molecule has 1 aromatic carbocycles. The number of nitriles is 1. The van der Waals surface area contributed by atoms with Crippen LogP contribution in [0.25, 0.3) is 17.4 Å². The van der Waals surface area contributed by atoms with Gasteiger partial charge >= 0.3 is 0 Å². The summed E-state index contributed by atoms with van der Waals surface area (Å²) < 4.78 is 15.2. The Morgan fingerprint density at radius 3 is 2.88 bits per heavy atom. The van der Waals surface area contributed by atoms with E-state index < -0.39 is 10.8 Å². The molecule has 176 valence electrons. The summed E-state index contributed by atoms with van der Waals surface area (Å²) in [4.78, 5) is 27.8. The van der Waals surface area contributed by atoms with E-state index in [0.29, 0.717) is 23.4 Å². The first kappa shape index (κ1) is 24.9. The number of furan rings is 1. The number of rotatable bonds is 10. The number of aromatic nitrogens is 2. The number of benzene rings is 1. The molecule has 34 heavy (non-hydrogen) atoms. The Labute approximate surface area is 204 Å². The van der Waals surface area contributed by atoms with E-state index >= 15 is 0 Å². The minimum absolute atomic E-state index is 0.184. The molecule has 0 aliphatic heterocycles. The van der Waals surface area contributed by atoms with Crippen LogP contribution in [0.15, 0.2) is 45.5 Å². The van der Waals surface area contributed by atoms with E-state index in [4.69, 9.17) is 9.15 Å². The summed E-state index contributed by atoms with van der Waals surface area (Å²) in [7, 11) is 0. The molecule has 0 aliphatic carbocycles. The van der Waals surface area contributed by atoms with Gasteiger partial charge in [-0.05, 0) is 37.1 Å². The molecule has 2 aromatic heterocycles. The summed E-state index contributed by atoms with van der Waals surface area (Å²) in [6.07, 6.45) is 1.26. The second-order valence-corrected chi connectivity index (χ2v) is 9.02. The van der Waals surface area contributed by atoms with Crippen LogP contribution < -0.4 is 10.1 Å². The van der Waals surface area contributed by atoms with Gasteiger partial charge in [0.25, 0.3) is 11.6 Å². The van der Waals surface area contributed by atoms with Crippen LogP contribution in [-0.2, 0) is 4.79 Å². The fourth-order valence-electron chi connectivity index (χ4n) is 2.72. The molecule has 12 heteroatoms. The smallest absolute Gasteiger partial charge is 0.284 e. The molecule has 0 atom stereocenters. The Kier molecular flexibility index (Phi) is 8.39. The second-order valence-electron chi connectivity index (χ2n) is 7.28. The van der Waals surface area contributed by atoms with Gasteiger partial charge in [0.15, 0.2) is 0 Å². The lowest BCUT2D eigenvalue weighted by Gasteiger charge is -2.05. The first-order valence-corrected chi connectivity index (χ1v) is 12.0. The van der Waals surface area contributed by atoms with Crippen LogP contribution in [0.1, 0.15) is 26.5 Å². The number of nitrogens with zero attached hydrogens (tertiary/aromatic N) is 4. The number of hydrogen-bond acceptors (Lipinski definition) is 10. The van der Waals surface area contributed by atoms with E-state index in [1.54, 1.807) is 13.0 Å². The standard InChI is InChI=1S/C22H21N5O5S2/c1-4-31-15-5-7-17(18(10-15)27(29)30)19-8-6-16(32-19)9-14(11-23)20(28)24-21-25-22(26-34-21)33-12-13(2)3/h5-10,13H,4,12H2,1-3H3,(H,24,25,26,28)/b14-9-. The summed E-state index contributed by atoms with van der Waals surface area (Å²) in [6.45, 7) is 6.32. The number of thioether (sulfide) groups is 1. The van der Waals surface area contributed by atoms with E-state index in [2.05, 4.69) is 28.5 Å². The fourth-order valence-corrected chi connectivity index (χ4v) is 4.21. The van der Waals surface area contributed by atoms with Crippen LogP contribution in [0, 0.1) is 27.4 Å². The maximum Gasteiger partial charge on any atom is 0.284 e. The third-order valence-electron chi connectivity index (χ3n) is 4.19. The molecule has 1 amide bonds. The van der Waals surface area contributed by atoms with Crippen LogP contribution in [0.3, 0.4) is 0 Å². The van der Waals surface area contributed by atoms with Gasteiger partial charge in [-0.15, -0.1) is 0 Å². The van der Waals surface area contributed by atoms with Gasteiger partial charge in [0.2, 0.25) is 10.3 Å². The zero-order valence-corrected chi connectivity index (χ0v) is 20.2. The molecule has 0 spiro atoms. The maximum absolute atomic E-state index is 12.5. The van der Waals surface area contributed by atoms with Crippen LogP contribution in [0.5, 0.6) is 5.75 Å². The Morgan fingerprint density at radius 2 is 2.21 bits per heavy atom. The largest absolute Gasteiger partial charge is 0.494 e. The third kappa shape index (κ3) is 6.43. The number of anilines is 1. The highest BCUT2D eigenvalue weighted by Crippen LogP contribution is 2.34. The van der Waals surface area contributed by atoms with E-state index in [1.807, 2.05) is 6.07 Å². The predicted octanol–water partition coefficient (Wildman–Crippen LogP) is 5.40. The minimum atomic E-state index is -0.663. The number of hydrogen-bond donors (Lipinski definition) is 1. The van der Waals surface area contributed by atoms with Gasteiger partial charge in [0.05, 0.1) is 23.2 Å². The zero-order chi connectivity index (χ0) is 24.7. The molecule has 3 aromatic rings. The molecular formula is C22H21N5O5S2. The van der Waals surface area contributed by atoms with Gasteiger partial charge < -0.3 is 9.15 Å². The molecule has 0 saturated heterocycles. The lowest BCUT2D eigenvalue weighted by Crippen LogP contribution is -2.13. The van der Waals surface area contributed by atoms with Crippen LogP contribution in [0.2, 0.25) is 0 Å². The highest BCUT2D eigenvalue weighted by atomic mass is 32.2. The van der Waals surface area contributed by atoms with Crippen molar-refractivity contribution in [1.82, 2.24) is 9.36 Å². The van der Waals surface area contributed by atoms with Crippen LogP contribution >= 0.6 is 23.3 Å². The van der Waals surface area contributed by atoms with Crippen molar-refractivity contribution in [2.75, 3.05) is 17.7 Å². The molecule has 0 saturated carbocycles. The normalized spacial score (nSPS) is 11.3. The fraction of sp³-hybridized carbons (Fsp3) is 0.273. The van der Waals surface area contributed by atoms with Crippen LogP contribution in [-0.4, -0.2) is 32.5 Å². The molecule has 0 unspecified atom stereocenters. The van der Waals surface area contributed by atoms with Gasteiger partial charge in [-0.2, -0.15) is 14.6 Å². The topological polar surface area (TPSA) is 144 Å². The van der Waals surface area contributed by atoms with Gasteiger partial charge in [-0.1, -0.05) is 25.6 Å². The number of nitrogens with one attached hydrogen (secondary N) is 1. The van der Waals surface area contributed by atoms with E-state index in [9.17, 15) is 20.2 Å². The quantitative estimate of drug-likeness (QED) is 0.127. The van der Waals surface area contributed by atoms with Crippen molar-refractivity contribution in [3.05, 3.63) is 51.8 Å².